The van der Waals surface area contributed by atoms with Crippen molar-refractivity contribution in [2.75, 3.05) is 25.1 Å². The SMILES string of the molecule is CN/N=C(\C=N)C1(O)CC2CC(c3nn(C)c(N)c3C=O)CC2C1.CNc1ccc(F)c(Cl)c1. The summed E-state index contributed by atoms with van der Waals surface area (Å²) in [6.45, 7) is 0. The molecule has 0 bridgehead atoms. The van der Waals surface area contributed by atoms with Crippen molar-refractivity contribution in [3.63, 3.8) is 0 Å². The van der Waals surface area contributed by atoms with Gasteiger partial charge in [-0.05, 0) is 55.7 Å². The molecule has 11 heteroatoms. The minimum absolute atomic E-state index is 0.145. The number of aromatic nitrogens is 2. The first-order chi connectivity index (χ1) is 16.2. The zero-order chi connectivity index (χ0) is 25.0. The molecule has 0 spiro atoms. The zero-order valence-electron chi connectivity index (χ0n) is 19.5. The van der Waals surface area contributed by atoms with E-state index in [4.69, 9.17) is 22.7 Å². The van der Waals surface area contributed by atoms with Crippen LogP contribution in [0.1, 0.15) is 47.7 Å². The van der Waals surface area contributed by atoms with Crippen LogP contribution in [-0.4, -0.2) is 52.8 Å². The van der Waals surface area contributed by atoms with Crippen molar-refractivity contribution in [3.8, 4) is 0 Å². The number of nitrogens with one attached hydrogen (secondary N) is 3. The first kappa shape index (κ1) is 25.6. The summed E-state index contributed by atoms with van der Waals surface area (Å²) in [5.74, 6) is 0.883. The highest BCUT2D eigenvalue weighted by atomic mass is 35.5. The molecule has 34 heavy (non-hydrogen) atoms. The highest BCUT2D eigenvalue weighted by Gasteiger charge is 2.51. The zero-order valence-corrected chi connectivity index (χ0v) is 20.2. The van der Waals surface area contributed by atoms with Crippen LogP contribution in [0.2, 0.25) is 5.02 Å². The minimum Gasteiger partial charge on any atom is -0.388 e. The molecule has 9 nitrogen and oxygen atoms in total. The molecule has 0 saturated heterocycles. The van der Waals surface area contributed by atoms with E-state index in [0.717, 1.165) is 36.7 Å². The Bertz CT molecular complexity index is 1070. The number of hydrazone groups is 1. The Morgan fingerprint density at radius 2 is 2.03 bits per heavy atom. The van der Waals surface area contributed by atoms with Crippen molar-refractivity contribution in [1.82, 2.24) is 15.2 Å². The highest BCUT2D eigenvalue weighted by Crippen LogP contribution is 2.54. The monoisotopic (exact) mass is 491 g/mol. The van der Waals surface area contributed by atoms with Gasteiger partial charge in [0, 0.05) is 39.0 Å². The lowest BCUT2D eigenvalue weighted by Gasteiger charge is -2.24. The Labute approximate surface area is 203 Å². The second-order valence-electron chi connectivity index (χ2n) is 8.80. The first-order valence-corrected chi connectivity index (χ1v) is 11.4. The average Bonchev–Trinajstić information content (AvgIpc) is 3.43. The summed E-state index contributed by atoms with van der Waals surface area (Å²) in [5.41, 5.74) is 9.99. The number of aliphatic hydroxyl groups is 1. The van der Waals surface area contributed by atoms with Gasteiger partial charge in [-0.2, -0.15) is 10.2 Å². The number of aldehydes is 1. The lowest BCUT2D eigenvalue weighted by molar-refractivity contribution is 0.110. The molecule has 2 aliphatic rings. The molecule has 2 saturated carbocycles. The van der Waals surface area contributed by atoms with Crippen molar-refractivity contribution >= 4 is 41.3 Å². The summed E-state index contributed by atoms with van der Waals surface area (Å²) in [6.07, 6.45) is 4.82. The molecule has 4 rings (SSSR count). The molecule has 2 unspecified atom stereocenters. The second kappa shape index (κ2) is 10.5. The predicted octanol–water partition coefficient (Wildman–Crippen LogP) is 3.20. The third-order valence-electron chi connectivity index (χ3n) is 6.76. The first-order valence-electron chi connectivity index (χ1n) is 11.1. The number of nitrogen functional groups attached to an aromatic ring is 1. The molecule has 2 fully saturated rings. The van der Waals surface area contributed by atoms with E-state index in [9.17, 15) is 14.3 Å². The Morgan fingerprint density at radius 3 is 2.53 bits per heavy atom. The third kappa shape index (κ3) is 5.07. The van der Waals surface area contributed by atoms with Gasteiger partial charge in [-0.25, -0.2) is 4.39 Å². The number of hydrogen-bond donors (Lipinski definition) is 5. The predicted molar refractivity (Wildman–Crippen MR) is 132 cm³/mol. The van der Waals surface area contributed by atoms with E-state index in [1.165, 1.54) is 12.1 Å². The number of nitrogens with zero attached hydrogens (tertiary/aromatic N) is 3. The summed E-state index contributed by atoms with van der Waals surface area (Å²) in [4.78, 5) is 11.3. The maximum Gasteiger partial charge on any atom is 0.155 e. The van der Waals surface area contributed by atoms with Crippen LogP contribution in [-0.2, 0) is 7.05 Å². The van der Waals surface area contributed by atoms with Gasteiger partial charge in [0.05, 0.1) is 16.3 Å². The second-order valence-corrected chi connectivity index (χ2v) is 9.21. The van der Waals surface area contributed by atoms with Gasteiger partial charge in [-0.1, -0.05) is 11.6 Å². The fraction of sp³-hybridized carbons (Fsp3) is 0.478. The number of hydrogen-bond acceptors (Lipinski definition) is 8. The van der Waals surface area contributed by atoms with Crippen molar-refractivity contribution in [3.05, 3.63) is 40.3 Å². The molecule has 2 aromatic rings. The van der Waals surface area contributed by atoms with Crippen molar-refractivity contribution < 1.29 is 14.3 Å². The number of aryl methyl sites for hydroxylation is 1. The van der Waals surface area contributed by atoms with Gasteiger partial charge in [0.25, 0.3) is 0 Å². The number of nitrogens with two attached hydrogens (primary N) is 1. The minimum atomic E-state index is -1.04. The van der Waals surface area contributed by atoms with Gasteiger partial charge in [0.1, 0.15) is 22.9 Å². The van der Waals surface area contributed by atoms with Gasteiger partial charge < -0.3 is 27.0 Å². The molecular formula is C23H31ClFN7O2. The number of carbonyl (C=O) groups excluding carboxylic acids is 1. The Morgan fingerprint density at radius 1 is 1.38 bits per heavy atom. The number of rotatable bonds is 6. The molecule has 1 aromatic carbocycles. The smallest absolute Gasteiger partial charge is 0.155 e. The quantitative estimate of drug-likeness (QED) is 0.239. The van der Waals surface area contributed by atoms with Crippen molar-refractivity contribution in [1.29, 1.82) is 5.41 Å². The van der Waals surface area contributed by atoms with Gasteiger partial charge in [0.15, 0.2) is 6.29 Å². The number of anilines is 2. The van der Waals surface area contributed by atoms with E-state index >= 15 is 0 Å². The van der Waals surface area contributed by atoms with Crippen LogP contribution in [0.4, 0.5) is 15.9 Å². The standard InChI is InChI=1S/C16H24N6O2.C7H7ClFN/c1-19-20-13(7-17)16(24)5-10-3-9(4-11(10)6-16)14-12(8-23)15(18)22(2)21-14;1-10-5-2-3-7(9)6(8)4-5/h7-11,17,19,24H,3-6,18H2,1-2H3;2-4,10H,1H3/b17-7?,20-13+;. The van der Waals surface area contributed by atoms with Gasteiger partial charge in [0.2, 0.25) is 0 Å². The van der Waals surface area contributed by atoms with Gasteiger partial charge in [-0.3, -0.25) is 9.48 Å². The maximum absolute atomic E-state index is 12.5. The van der Waals surface area contributed by atoms with E-state index in [1.807, 2.05) is 0 Å². The number of carbonyl (C=O) groups is 1. The molecule has 1 heterocycles. The van der Waals surface area contributed by atoms with Gasteiger partial charge >= 0.3 is 0 Å². The summed E-state index contributed by atoms with van der Waals surface area (Å²) < 4.78 is 14.0. The van der Waals surface area contributed by atoms with E-state index in [2.05, 4.69) is 20.9 Å². The molecule has 0 radical (unpaired) electrons. The van der Waals surface area contributed by atoms with Crippen LogP contribution in [0, 0.1) is 23.1 Å². The Kier molecular flexibility index (Phi) is 7.93. The van der Waals surface area contributed by atoms with Crippen LogP contribution < -0.4 is 16.5 Å². The summed E-state index contributed by atoms with van der Waals surface area (Å²) >= 11 is 5.48. The van der Waals surface area contributed by atoms with Crippen molar-refractivity contribution in [2.45, 2.75) is 37.2 Å². The lowest BCUT2D eigenvalue weighted by Crippen LogP contribution is -2.38. The third-order valence-corrected chi connectivity index (χ3v) is 7.05. The van der Waals surface area contributed by atoms with Gasteiger partial charge in [-0.15, -0.1) is 0 Å². The molecule has 184 valence electrons. The highest BCUT2D eigenvalue weighted by molar-refractivity contribution is 6.33. The Balaban J connectivity index is 0.000000271. The van der Waals surface area contributed by atoms with E-state index < -0.39 is 5.60 Å². The molecule has 0 amide bonds. The molecule has 6 N–H and O–H groups in total. The van der Waals surface area contributed by atoms with Crippen LogP contribution in [0.5, 0.6) is 0 Å². The molecular weight excluding hydrogens is 461 g/mol. The van der Waals surface area contributed by atoms with Crippen molar-refractivity contribution in [2.24, 2.45) is 24.0 Å². The van der Waals surface area contributed by atoms with Crippen LogP contribution in [0.3, 0.4) is 0 Å². The van der Waals surface area contributed by atoms with Crippen LogP contribution >= 0.6 is 11.6 Å². The van der Waals surface area contributed by atoms with E-state index in [-0.39, 0.29) is 16.8 Å². The normalized spacial score (nSPS) is 25.8. The summed E-state index contributed by atoms with van der Waals surface area (Å²) in [6, 6.07) is 4.49. The topological polar surface area (TPSA) is 141 Å². The van der Waals surface area contributed by atoms with Crippen LogP contribution in [0.25, 0.3) is 0 Å². The molecule has 1 aromatic heterocycles. The molecule has 0 aliphatic heterocycles. The summed E-state index contributed by atoms with van der Waals surface area (Å²) in [5, 5.41) is 29.8. The maximum atomic E-state index is 12.5. The number of benzene rings is 1. The molecule has 2 atom stereocenters. The van der Waals surface area contributed by atoms with E-state index in [1.54, 1.807) is 31.9 Å². The molecule has 2 aliphatic carbocycles. The average molecular weight is 492 g/mol. The Hall–Kier alpha value is -2.98. The van der Waals surface area contributed by atoms with E-state index in [0.29, 0.717) is 41.8 Å². The largest absolute Gasteiger partial charge is 0.388 e. The number of fused-ring (bicyclic) bond motifs is 1. The lowest BCUT2D eigenvalue weighted by atomic mass is 9.89. The fourth-order valence-electron chi connectivity index (χ4n) is 5.14. The van der Waals surface area contributed by atoms with Crippen LogP contribution in [0.15, 0.2) is 23.3 Å². The summed E-state index contributed by atoms with van der Waals surface area (Å²) in [7, 11) is 5.15. The fourth-order valence-corrected chi connectivity index (χ4v) is 5.32. The number of halogens is 2.